The Morgan fingerprint density at radius 2 is 1.62 bits per heavy atom. The van der Waals surface area contributed by atoms with Crippen LogP contribution in [0, 0.1) is 6.92 Å². The van der Waals surface area contributed by atoms with E-state index >= 15 is 0 Å². The molecule has 108 valence electrons. The number of thiophene rings is 1. The molecule has 2 atom stereocenters. The molecule has 0 spiro atoms. The first kappa shape index (κ1) is 14.3. The Hall–Kier alpha value is -1.64. The summed E-state index contributed by atoms with van der Waals surface area (Å²) in [5.41, 5.74) is 2.73. The molecule has 0 saturated heterocycles. The van der Waals surface area contributed by atoms with Crippen LogP contribution in [0.2, 0.25) is 0 Å². The van der Waals surface area contributed by atoms with Crippen molar-refractivity contribution in [2.45, 2.75) is 32.9 Å². The maximum atomic E-state index is 3.72. The summed E-state index contributed by atoms with van der Waals surface area (Å²) in [4.78, 5) is 1.40. The molecule has 0 saturated carbocycles. The van der Waals surface area contributed by atoms with Gasteiger partial charge in [-0.2, -0.15) is 0 Å². The van der Waals surface area contributed by atoms with Gasteiger partial charge in [-0.15, -0.1) is 11.3 Å². The molecule has 0 radical (unpaired) electrons. The van der Waals surface area contributed by atoms with Crippen molar-refractivity contribution in [2.75, 3.05) is 0 Å². The molecule has 1 nitrogen and oxygen atoms in total. The maximum absolute atomic E-state index is 3.72. The van der Waals surface area contributed by atoms with Crippen LogP contribution >= 0.6 is 11.3 Å². The van der Waals surface area contributed by atoms with Crippen molar-refractivity contribution in [1.29, 1.82) is 0 Å². The normalized spacial score (nSPS) is 14.2. The Labute approximate surface area is 130 Å². The van der Waals surface area contributed by atoms with Gasteiger partial charge in [-0.1, -0.05) is 42.5 Å². The van der Waals surface area contributed by atoms with Crippen LogP contribution in [0.1, 0.15) is 41.9 Å². The first-order valence-corrected chi connectivity index (χ1v) is 8.27. The molecule has 3 aromatic rings. The molecule has 0 bridgehead atoms. The molecule has 0 aliphatic carbocycles. The quantitative estimate of drug-likeness (QED) is 0.658. The number of benzene rings is 2. The molecule has 3 rings (SSSR count). The third-order valence-electron chi connectivity index (χ3n) is 4.03. The Bertz CT molecular complexity index is 711. The fraction of sp³-hybridized carbons (Fsp3) is 0.263. The van der Waals surface area contributed by atoms with Gasteiger partial charge in [0.15, 0.2) is 0 Å². The highest BCUT2D eigenvalue weighted by molar-refractivity contribution is 7.19. The number of rotatable bonds is 4. The molecule has 2 heteroatoms. The predicted octanol–water partition coefficient (Wildman–Crippen LogP) is 5.62. The molecule has 1 aromatic heterocycles. The lowest BCUT2D eigenvalue weighted by Crippen LogP contribution is -2.22. The monoisotopic (exact) mass is 295 g/mol. The van der Waals surface area contributed by atoms with E-state index in [-0.39, 0.29) is 0 Å². The fourth-order valence-corrected chi connectivity index (χ4v) is 3.91. The minimum Gasteiger partial charge on any atom is -0.303 e. The minimum absolute atomic E-state index is 0.353. The zero-order valence-corrected chi connectivity index (χ0v) is 13.6. The third-order valence-corrected chi connectivity index (χ3v) is 5.33. The van der Waals surface area contributed by atoms with Gasteiger partial charge in [0.25, 0.3) is 0 Å². The van der Waals surface area contributed by atoms with Crippen molar-refractivity contribution in [3.8, 4) is 0 Å². The molecular formula is C19H21NS. The van der Waals surface area contributed by atoms with Crippen LogP contribution in [0.15, 0.2) is 54.6 Å². The summed E-state index contributed by atoms with van der Waals surface area (Å²) in [5.74, 6) is 0. The van der Waals surface area contributed by atoms with E-state index in [1.54, 1.807) is 0 Å². The highest BCUT2D eigenvalue weighted by atomic mass is 32.1. The molecule has 1 N–H and O–H groups in total. The van der Waals surface area contributed by atoms with E-state index in [0.29, 0.717) is 12.1 Å². The maximum Gasteiger partial charge on any atom is 0.0391 e. The highest BCUT2D eigenvalue weighted by Gasteiger charge is 2.14. The second-order valence-electron chi connectivity index (χ2n) is 5.65. The Balaban J connectivity index is 1.79. The topological polar surface area (TPSA) is 12.0 Å². The number of aryl methyl sites for hydroxylation is 1. The Morgan fingerprint density at radius 1 is 0.905 bits per heavy atom. The second kappa shape index (κ2) is 6.00. The van der Waals surface area contributed by atoms with Gasteiger partial charge < -0.3 is 5.32 Å². The van der Waals surface area contributed by atoms with Gasteiger partial charge in [-0.05, 0) is 49.4 Å². The van der Waals surface area contributed by atoms with Crippen LogP contribution in [0.25, 0.3) is 10.1 Å². The molecule has 0 aliphatic heterocycles. The number of hydrogen-bond donors (Lipinski definition) is 1. The number of fused-ring (bicyclic) bond motifs is 1. The van der Waals surface area contributed by atoms with Crippen molar-refractivity contribution in [3.05, 3.63) is 70.6 Å². The summed E-state index contributed by atoms with van der Waals surface area (Å²) in [6, 6.07) is 20.2. The molecular weight excluding hydrogens is 274 g/mol. The van der Waals surface area contributed by atoms with E-state index in [1.807, 2.05) is 11.3 Å². The van der Waals surface area contributed by atoms with Gasteiger partial charge in [0, 0.05) is 21.7 Å². The van der Waals surface area contributed by atoms with Crippen LogP contribution in [-0.2, 0) is 0 Å². The smallest absolute Gasteiger partial charge is 0.0391 e. The first-order valence-electron chi connectivity index (χ1n) is 7.45. The molecule has 0 aliphatic rings. The molecule has 0 fully saturated rings. The number of nitrogens with one attached hydrogen (secondary N) is 1. The van der Waals surface area contributed by atoms with Gasteiger partial charge in [-0.25, -0.2) is 0 Å². The van der Waals surface area contributed by atoms with Crippen LogP contribution in [0.4, 0.5) is 0 Å². The molecule has 1 heterocycles. The standard InChI is InChI=1S/C19H21NS/c1-13-8-4-6-10-17(13)14(2)20-15(3)19-12-16-9-5-7-11-18(16)21-19/h4-12,14-15,20H,1-3H3/t14-,15?/m1/s1. The van der Waals surface area contributed by atoms with Crippen molar-refractivity contribution >= 4 is 21.4 Å². The van der Waals surface area contributed by atoms with Crippen LogP contribution in [-0.4, -0.2) is 0 Å². The summed E-state index contributed by atoms with van der Waals surface area (Å²) >= 11 is 1.88. The zero-order chi connectivity index (χ0) is 14.8. The van der Waals surface area contributed by atoms with Crippen LogP contribution in [0.3, 0.4) is 0 Å². The van der Waals surface area contributed by atoms with Gasteiger partial charge >= 0.3 is 0 Å². The van der Waals surface area contributed by atoms with E-state index in [1.165, 1.54) is 26.1 Å². The Morgan fingerprint density at radius 3 is 2.38 bits per heavy atom. The van der Waals surface area contributed by atoms with Crippen molar-refractivity contribution in [2.24, 2.45) is 0 Å². The molecule has 21 heavy (non-hydrogen) atoms. The highest BCUT2D eigenvalue weighted by Crippen LogP contribution is 2.31. The number of hydrogen-bond acceptors (Lipinski definition) is 2. The lowest BCUT2D eigenvalue weighted by molar-refractivity contribution is 0.499. The largest absolute Gasteiger partial charge is 0.303 e. The fourth-order valence-electron chi connectivity index (χ4n) is 2.84. The van der Waals surface area contributed by atoms with E-state index in [0.717, 1.165) is 0 Å². The molecule has 0 amide bonds. The summed E-state index contributed by atoms with van der Waals surface area (Å²) in [6.07, 6.45) is 0. The summed E-state index contributed by atoms with van der Waals surface area (Å²) < 4.78 is 1.37. The second-order valence-corrected chi connectivity index (χ2v) is 6.77. The lowest BCUT2D eigenvalue weighted by Gasteiger charge is -2.21. The Kier molecular flexibility index (Phi) is 4.09. The van der Waals surface area contributed by atoms with E-state index in [9.17, 15) is 0 Å². The van der Waals surface area contributed by atoms with Gasteiger partial charge in [0.05, 0.1) is 0 Å². The van der Waals surface area contributed by atoms with Gasteiger partial charge in [-0.3, -0.25) is 0 Å². The average molecular weight is 295 g/mol. The van der Waals surface area contributed by atoms with E-state index < -0.39 is 0 Å². The van der Waals surface area contributed by atoms with Crippen LogP contribution in [0.5, 0.6) is 0 Å². The predicted molar refractivity (Wildman–Crippen MR) is 93.0 cm³/mol. The SMILES string of the molecule is Cc1ccccc1[C@@H](C)NC(C)c1cc2ccccc2s1. The van der Waals surface area contributed by atoms with Gasteiger partial charge in [0.1, 0.15) is 0 Å². The zero-order valence-electron chi connectivity index (χ0n) is 12.8. The molecule has 1 unspecified atom stereocenters. The summed E-state index contributed by atoms with van der Waals surface area (Å²) in [7, 11) is 0. The van der Waals surface area contributed by atoms with Crippen molar-refractivity contribution in [1.82, 2.24) is 5.32 Å². The summed E-state index contributed by atoms with van der Waals surface area (Å²) in [5, 5.41) is 5.07. The molecule has 2 aromatic carbocycles. The van der Waals surface area contributed by atoms with Crippen molar-refractivity contribution < 1.29 is 0 Å². The third kappa shape index (κ3) is 3.02. The van der Waals surface area contributed by atoms with Crippen molar-refractivity contribution in [3.63, 3.8) is 0 Å². The summed E-state index contributed by atoms with van der Waals surface area (Å²) in [6.45, 7) is 6.67. The van der Waals surface area contributed by atoms with E-state index in [4.69, 9.17) is 0 Å². The van der Waals surface area contributed by atoms with Crippen LogP contribution < -0.4 is 5.32 Å². The first-order chi connectivity index (χ1) is 10.1. The average Bonchev–Trinajstić information content (AvgIpc) is 2.91. The van der Waals surface area contributed by atoms with E-state index in [2.05, 4.69) is 80.7 Å². The minimum atomic E-state index is 0.353. The lowest BCUT2D eigenvalue weighted by atomic mass is 10.0. The van der Waals surface area contributed by atoms with Gasteiger partial charge in [0.2, 0.25) is 0 Å².